The number of nitrogens with zero attached hydrogens (tertiary/aromatic N) is 2. The summed E-state index contributed by atoms with van der Waals surface area (Å²) in [4.78, 5) is 8.17. The molecule has 0 aliphatic carbocycles. The Morgan fingerprint density at radius 2 is 2.00 bits per heavy atom. The lowest BCUT2D eigenvalue weighted by Crippen LogP contribution is -1.97. The molecule has 2 heterocycles. The number of methoxy groups -OCH3 is 1. The van der Waals surface area contributed by atoms with E-state index in [0.717, 1.165) is 11.1 Å². The van der Waals surface area contributed by atoms with Crippen LogP contribution < -0.4 is 10.5 Å². The molecule has 0 spiro atoms. The zero-order chi connectivity index (χ0) is 13.8. The molecular formula is C14H12BrN3O. The lowest BCUT2D eigenvalue weighted by molar-refractivity contribution is 0.395. The van der Waals surface area contributed by atoms with Crippen LogP contribution in [0.25, 0.3) is 0 Å². The first-order valence-electron chi connectivity index (χ1n) is 5.54. The quantitative estimate of drug-likeness (QED) is 0.821. The number of ether oxygens (including phenoxy) is 1. The van der Waals surface area contributed by atoms with Crippen molar-refractivity contribution in [2.75, 3.05) is 12.8 Å². The third-order valence-electron chi connectivity index (χ3n) is 2.59. The first-order valence-corrected chi connectivity index (χ1v) is 6.33. The van der Waals surface area contributed by atoms with Crippen molar-refractivity contribution < 1.29 is 4.74 Å². The Morgan fingerprint density at radius 3 is 2.68 bits per heavy atom. The summed E-state index contributed by atoms with van der Waals surface area (Å²) in [6.07, 6.45) is 5.06. The minimum atomic E-state index is 0.445. The van der Waals surface area contributed by atoms with E-state index in [1.165, 1.54) is 7.11 Å². The van der Waals surface area contributed by atoms with Gasteiger partial charge in [0, 0.05) is 24.2 Å². The summed E-state index contributed by atoms with van der Waals surface area (Å²) < 4.78 is 5.68. The minimum absolute atomic E-state index is 0.445. The highest BCUT2D eigenvalue weighted by Gasteiger charge is 2.08. The molecule has 0 saturated heterocycles. The lowest BCUT2D eigenvalue weighted by atomic mass is 10.1. The molecule has 0 fully saturated rings. The van der Waals surface area contributed by atoms with Crippen molar-refractivity contribution in [2.45, 2.75) is 6.92 Å². The van der Waals surface area contributed by atoms with Crippen LogP contribution in [0.4, 0.5) is 5.69 Å². The van der Waals surface area contributed by atoms with Crippen molar-refractivity contribution >= 4 is 21.6 Å². The van der Waals surface area contributed by atoms with Gasteiger partial charge in [-0.15, -0.1) is 0 Å². The van der Waals surface area contributed by atoms with Crippen LogP contribution >= 0.6 is 15.9 Å². The second-order valence-electron chi connectivity index (χ2n) is 3.85. The van der Waals surface area contributed by atoms with Crippen LogP contribution in [0.3, 0.4) is 0 Å². The number of pyridine rings is 2. The zero-order valence-electron chi connectivity index (χ0n) is 10.6. The monoisotopic (exact) mass is 317 g/mol. The molecule has 0 bridgehead atoms. The maximum absolute atomic E-state index is 5.98. The van der Waals surface area contributed by atoms with Crippen LogP contribution in [0, 0.1) is 18.8 Å². The highest BCUT2D eigenvalue weighted by molar-refractivity contribution is 9.10. The van der Waals surface area contributed by atoms with Gasteiger partial charge in [0.1, 0.15) is 4.47 Å². The molecule has 5 heteroatoms. The van der Waals surface area contributed by atoms with Gasteiger partial charge in [-0.3, -0.25) is 4.98 Å². The third kappa shape index (κ3) is 2.85. The minimum Gasteiger partial charge on any atom is -0.480 e. The van der Waals surface area contributed by atoms with Gasteiger partial charge in [0.15, 0.2) is 0 Å². The fourth-order valence-corrected chi connectivity index (χ4v) is 1.93. The molecular weight excluding hydrogens is 306 g/mol. The van der Waals surface area contributed by atoms with Crippen molar-refractivity contribution in [1.82, 2.24) is 9.97 Å². The fraction of sp³-hybridized carbons (Fsp3) is 0.143. The van der Waals surface area contributed by atoms with Crippen LogP contribution in [0.15, 0.2) is 29.1 Å². The Labute approximate surface area is 120 Å². The smallest absolute Gasteiger partial charge is 0.229 e. The van der Waals surface area contributed by atoms with Crippen LogP contribution in [-0.4, -0.2) is 17.1 Å². The second-order valence-corrected chi connectivity index (χ2v) is 4.64. The number of nitrogen functional groups attached to an aromatic ring is 1. The Bertz CT molecular complexity index is 674. The van der Waals surface area contributed by atoms with Crippen LogP contribution in [-0.2, 0) is 0 Å². The van der Waals surface area contributed by atoms with Crippen LogP contribution in [0.2, 0.25) is 0 Å². The van der Waals surface area contributed by atoms with Gasteiger partial charge in [0.25, 0.3) is 0 Å². The van der Waals surface area contributed by atoms with Gasteiger partial charge in [-0.1, -0.05) is 11.8 Å². The van der Waals surface area contributed by atoms with Crippen molar-refractivity contribution in [3.05, 3.63) is 45.8 Å². The molecule has 0 aliphatic rings. The van der Waals surface area contributed by atoms with Crippen molar-refractivity contribution in [3.8, 4) is 17.7 Å². The number of anilines is 1. The lowest BCUT2D eigenvalue weighted by Gasteiger charge is -2.05. The van der Waals surface area contributed by atoms with Gasteiger partial charge in [-0.05, 0) is 34.5 Å². The topological polar surface area (TPSA) is 61.0 Å². The summed E-state index contributed by atoms with van der Waals surface area (Å²) in [6, 6.07) is 1.91. The summed E-state index contributed by atoms with van der Waals surface area (Å²) in [7, 11) is 1.54. The average Bonchev–Trinajstić information content (AvgIpc) is 2.42. The normalized spacial score (nSPS) is 9.63. The molecule has 19 heavy (non-hydrogen) atoms. The van der Waals surface area contributed by atoms with E-state index in [2.05, 4.69) is 37.7 Å². The Kier molecular flexibility index (Phi) is 4.03. The Morgan fingerprint density at radius 1 is 1.26 bits per heavy atom. The van der Waals surface area contributed by atoms with E-state index in [1.807, 2.05) is 13.0 Å². The van der Waals surface area contributed by atoms with Crippen molar-refractivity contribution in [1.29, 1.82) is 0 Å². The molecule has 0 radical (unpaired) electrons. The molecule has 0 saturated carbocycles. The molecule has 0 unspecified atom stereocenters. The molecule has 2 rings (SSSR count). The van der Waals surface area contributed by atoms with E-state index in [9.17, 15) is 0 Å². The summed E-state index contributed by atoms with van der Waals surface area (Å²) in [5, 5.41) is 0. The first-order chi connectivity index (χ1) is 9.13. The maximum Gasteiger partial charge on any atom is 0.229 e. The molecule has 2 N–H and O–H groups in total. The van der Waals surface area contributed by atoms with Gasteiger partial charge in [0.2, 0.25) is 5.88 Å². The number of nitrogens with two attached hydrogens (primary N) is 1. The van der Waals surface area contributed by atoms with E-state index >= 15 is 0 Å². The number of aromatic nitrogens is 2. The predicted molar refractivity (Wildman–Crippen MR) is 77.9 cm³/mol. The Balaban J connectivity index is 2.41. The van der Waals surface area contributed by atoms with Gasteiger partial charge >= 0.3 is 0 Å². The molecule has 0 atom stereocenters. The van der Waals surface area contributed by atoms with E-state index in [4.69, 9.17) is 10.5 Å². The van der Waals surface area contributed by atoms with Crippen LogP contribution in [0.5, 0.6) is 5.88 Å². The fourth-order valence-electron chi connectivity index (χ4n) is 1.45. The van der Waals surface area contributed by atoms with Crippen LogP contribution in [0.1, 0.15) is 16.7 Å². The largest absolute Gasteiger partial charge is 0.480 e. The van der Waals surface area contributed by atoms with Crippen molar-refractivity contribution in [2.24, 2.45) is 0 Å². The predicted octanol–water partition coefficient (Wildman–Crippen LogP) is 2.54. The summed E-state index contributed by atoms with van der Waals surface area (Å²) in [5.74, 6) is 6.48. The van der Waals surface area contributed by atoms with Gasteiger partial charge in [0.05, 0.1) is 18.4 Å². The summed E-state index contributed by atoms with van der Waals surface area (Å²) >= 11 is 3.34. The number of aryl methyl sites for hydroxylation is 1. The van der Waals surface area contributed by atoms with E-state index in [1.54, 1.807) is 18.6 Å². The standard InChI is InChI=1S/C14H12BrN3O/c1-9-5-6-17-7-10(9)3-4-11-8-18-14(19-2)12(15)13(11)16/h5-8H,1-2H3,(H2,16,18). The van der Waals surface area contributed by atoms with E-state index in [-0.39, 0.29) is 0 Å². The SMILES string of the molecule is COc1ncc(C#Cc2cnccc2C)c(N)c1Br. The molecule has 96 valence electrons. The molecule has 0 aliphatic heterocycles. The highest BCUT2D eigenvalue weighted by Crippen LogP contribution is 2.30. The number of hydrogen-bond donors (Lipinski definition) is 1. The molecule has 2 aromatic heterocycles. The number of halogens is 1. The third-order valence-corrected chi connectivity index (χ3v) is 3.36. The second kappa shape index (κ2) is 5.72. The molecule has 0 amide bonds. The van der Waals surface area contributed by atoms with Gasteiger partial charge in [-0.2, -0.15) is 0 Å². The molecule has 4 nitrogen and oxygen atoms in total. The van der Waals surface area contributed by atoms with Gasteiger partial charge in [-0.25, -0.2) is 4.98 Å². The maximum atomic E-state index is 5.98. The average molecular weight is 318 g/mol. The molecule has 0 aromatic carbocycles. The van der Waals surface area contributed by atoms with E-state index < -0.39 is 0 Å². The van der Waals surface area contributed by atoms with E-state index in [0.29, 0.717) is 21.6 Å². The first kappa shape index (κ1) is 13.4. The highest BCUT2D eigenvalue weighted by atomic mass is 79.9. The molecule has 2 aromatic rings. The zero-order valence-corrected chi connectivity index (χ0v) is 12.2. The van der Waals surface area contributed by atoms with Gasteiger partial charge < -0.3 is 10.5 Å². The number of hydrogen-bond acceptors (Lipinski definition) is 4. The number of rotatable bonds is 1. The van der Waals surface area contributed by atoms with Crippen molar-refractivity contribution in [3.63, 3.8) is 0 Å². The summed E-state index contributed by atoms with van der Waals surface area (Å²) in [6.45, 7) is 1.98. The summed E-state index contributed by atoms with van der Waals surface area (Å²) in [5.41, 5.74) is 9.08. The Hall–Kier alpha value is -2.06.